The van der Waals surface area contributed by atoms with Crippen LogP contribution >= 0.6 is 0 Å². The Bertz CT molecular complexity index is 9580. The van der Waals surface area contributed by atoms with E-state index in [4.69, 9.17) is 40.8 Å². The molecule has 8 heterocycles. The van der Waals surface area contributed by atoms with E-state index in [2.05, 4.69) is 330 Å². The summed E-state index contributed by atoms with van der Waals surface area (Å²) in [4.78, 5) is 0. The Morgan fingerprint density at radius 1 is 0.241 bits per heavy atom. The number of aryl methyl sites for hydroxylation is 17. The van der Waals surface area contributed by atoms with Crippen LogP contribution in [0.1, 0.15) is 183 Å². The lowest BCUT2D eigenvalue weighted by Crippen LogP contribution is -2.10. The number of hydrogen-bond donors (Lipinski definition) is 0. The van der Waals surface area contributed by atoms with Gasteiger partial charge in [-0.1, -0.05) is 303 Å². The van der Waals surface area contributed by atoms with Crippen molar-refractivity contribution < 1.29 is 40.8 Å². The molecular weight excluding hydrogens is 1780 g/mol. The zero-order valence-corrected chi connectivity index (χ0v) is 87.2. The van der Waals surface area contributed by atoms with Gasteiger partial charge in [-0.05, 0) is 317 Å². The lowest BCUT2D eigenvalue weighted by Gasteiger charge is -2.18. The molecule has 0 radical (unpaired) electrons. The van der Waals surface area contributed by atoms with Gasteiger partial charge in [-0.25, -0.2) is 0 Å². The highest BCUT2D eigenvalue weighted by Crippen LogP contribution is 2.45. The van der Waals surface area contributed by atoms with Crippen molar-refractivity contribution in [2.75, 3.05) is 0 Å². The third kappa shape index (κ3) is 18.7. The minimum Gasteiger partial charge on any atom is -0.456 e. The summed E-state index contributed by atoms with van der Waals surface area (Å²) in [5.74, 6) is -0.0663. The van der Waals surface area contributed by atoms with Gasteiger partial charge < -0.3 is 35.3 Å². The number of para-hydroxylation sites is 4. The summed E-state index contributed by atoms with van der Waals surface area (Å²) >= 11 is 0. The molecule has 9 nitrogen and oxygen atoms in total. The molecular formula is C136H125NO8. The number of nitrogens with zero attached hydrogens (tertiary/aromatic N) is 1. The van der Waals surface area contributed by atoms with Gasteiger partial charge in [0.2, 0.25) is 0 Å². The van der Waals surface area contributed by atoms with Crippen molar-refractivity contribution in [1.82, 2.24) is 0 Å². The van der Waals surface area contributed by atoms with Crippen molar-refractivity contribution in [2.45, 2.75) is 183 Å². The first-order valence-electron chi connectivity index (χ1n) is 52.1. The molecule has 0 saturated carbocycles. The molecule has 0 saturated heterocycles. The molecule has 0 atom stereocenters. The average Bonchev–Trinajstić information content (AvgIpc) is 1.01. The number of fused-ring (bicyclic) bond motifs is 24. The summed E-state index contributed by atoms with van der Waals surface area (Å²) in [6, 6.07) is 108. The van der Waals surface area contributed by atoms with Crippen molar-refractivity contribution in [2.24, 2.45) is 0 Å². The van der Waals surface area contributed by atoms with Crippen LogP contribution in [0.25, 0.3) is 198 Å². The van der Waals surface area contributed by atoms with Crippen LogP contribution in [-0.2, 0) is 5.41 Å². The molecule has 0 N–H and O–H groups in total. The van der Waals surface area contributed by atoms with Crippen molar-refractivity contribution >= 4 is 176 Å². The molecule has 0 aliphatic carbocycles. The van der Waals surface area contributed by atoms with Crippen LogP contribution in [0, 0.1) is 129 Å². The summed E-state index contributed by atoms with van der Waals surface area (Å²) < 4.78 is 79.4. The summed E-state index contributed by atoms with van der Waals surface area (Å²) in [6.45, 7) is 46.1. The lowest BCUT2D eigenvalue weighted by molar-refractivity contribution is 0.587. The average molecular weight is 1910 g/mol. The molecule has 0 aliphatic rings. The molecule has 26 aromatic rings. The zero-order chi connectivity index (χ0) is 105. The second-order valence-corrected chi connectivity index (χ2v) is 40.6. The van der Waals surface area contributed by atoms with Crippen molar-refractivity contribution in [3.05, 3.63) is 426 Å². The molecule has 722 valence electrons. The van der Waals surface area contributed by atoms with E-state index >= 15 is 0 Å². The van der Waals surface area contributed by atoms with Gasteiger partial charge in [0.1, 0.15) is 89.3 Å². The van der Waals surface area contributed by atoms with Crippen molar-refractivity contribution in [3.8, 4) is 28.3 Å². The van der Waals surface area contributed by atoms with E-state index in [1.807, 2.05) is 139 Å². The molecule has 0 spiro atoms. The molecule has 9 heteroatoms. The Balaban J connectivity index is 0.000000107. The predicted molar refractivity (Wildman–Crippen MR) is 613 cm³/mol. The number of rotatable bonds is 4. The molecule has 0 fully saturated rings. The van der Waals surface area contributed by atoms with Crippen LogP contribution in [0.15, 0.2) is 345 Å². The Hall–Kier alpha value is -16.2. The fourth-order valence-electron chi connectivity index (χ4n) is 19.6. The lowest BCUT2D eigenvalue weighted by atomic mass is 9.86. The largest absolute Gasteiger partial charge is 0.456 e. The van der Waals surface area contributed by atoms with Crippen LogP contribution in [0.5, 0.6) is 0 Å². The first-order chi connectivity index (χ1) is 71.2. The fraction of sp³-hybridized carbons (Fsp3) is 0.199. The number of nitriles is 1. The van der Waals surface area contributed by atoms with Crippen LogP contribution in [-0.4, -0.2) is 0 Å². The van der Waals surface area contributed by atoms with Crippen LogP contribution in [0.2, 0.25) is 0 Å². The summed E-state index contributed by atoms with van der Waals surface area (Å²) in [7, 11) is 0. The molecule has 0 unspecified atom stereocenters. The number of hydrogen-bond acceptors (Lipinski definition) is 9. The molecule has 0 aliphatic heterocycles. The number of benzene rings is 18. The van der Waals surface area contributed by atoms with Gasteiger partial charge in [-0.3, -0.25) is 0 Å². The van der Waals surface area contributed by atoms with E-state index in [0.717, 1.165) is 149 Å². The van der Waals surface area contributed by atoms with Gasteiger partial charge in [0.15, 0.2) is 0 Å². The first kappa shape index (κ1) is 92.6. The summed E-state index contributed by atoms with van der Waals surface area (Å²) in [5, 5.41) is 27.1. The molecule has 145 heavy (non-hydrogen) atoms. The van der Waals surface area contributed by atoms with Crippen molar-refractivity contribution in [1.29, 1.82) is 5.26 Å². The van der Waals surface area contributed by atoms with E-state index in [9.17, 15) is 5.26 Å². The highest BCUT2D eigenvalue weighted by atomic mass is 16.4. The first-order valence-corrected chi connectivity index (χ1v) is 50.1. The van der Waals surface area contributed by atoms with E-state index in [1.54, 1.807) is 6.07 Å². The maximum atomic E-state index is 9.24. The van der Waals surface area contributed by atoms with E-state index in [0.29, 0.717) is 22.6 Å². The third-order valence-corrected chi connectivity index (χ3v) is 29.7. The zero-order valence-electron chi connectivity index (χ0n) is 91.2. The van der Waals surface area contributed by atoms with Gasteiger partial charge in [-0.2, -0.15) is 5.26 Å². The summed E-state index contributed by atoms with van der Waals surface area (Å²) in [6.07, 6.45) is 0. The minimum absolute atomic E-state index is 0.151. The van der Waals surface area contributed by atoms with Crippen LogP contribution in [0.3, 0.4) is 0 Å². The Kier molecular flexibility index (Phi) is 25.5. The van der Waals surface area contributed by atoms with Gasteiger partial charge in [0, 0.05) is 97.2 Å². The smallest absolute Gasteiger partial charge is 0.143 e. The topological polar surface area (TPSA) is 129 Å². The number of furan rings is 8. The quantitative estimate of drug-likeness (QED) is 0.169. The minimum atomic E-state index is -2.14. The van der Waals surface area contributed by atoms with E-state index in [1.165, 1.54) is 148 Å². The highest BCUT2D eigenvalue weighted by molar-refractivity contribution is 6.15. The Morgan fingerprint density at radius 3 is 1.00 bits per heavy atom. The summed E-state index contributed by atoms with van der Waals surface area (Å²) in [5.41, 5.74) is 43.7. The van der Waals surface area contributed by atoms with E-state index < -0.39 is 12.7 Å². The van der Waals surface area contributed by atoms with Crippen LogP contribution < -0.4 is 0 Å². The molecule has 18 aromatic carbocycles. The fourth-order valence-corrected chi connectivity index (χ4v) is 19.6. The normalized spacial score (nSPS) is 12.1. The van der Waals surface area contributed by atoms with Gasteiger partial charge in [0.25, 0.3) is 0 Å². The van der Waals surface area contributed by atoms with E-state index in [-0.39, 0.29) is 5.41 Å². The molecule has 8 aromatic heterocycles. The highest BCUT2D eigenvalue weighted by Gasteiger charge is 2.23. The van der Waals surface area contributed by atoms with Gasteiger partial charge in [-0.15, -0.1) is 0 Å². The van der Waals surface area contributed by atoms with Gasteiger partial charge >= 0.3 is 0 Å². The second-order valence-electron chi connectivity index (χ2n) is 40.6. The molecule has 0 amide bonds. The standard InChI is InChI=1S/2C20H16O.C18H20O.2C17H18O.C15H11NO.C15H14O.C14H12O/c1-13-11-12-18-17-10-6-9-16(15-7-4-3-5-8-15)20(17)21-19(18)14(13)2;1-13-8-10-18-17-11-9-16(15-6-4-3-5-7-15)12-19(17)21-20(18)14(13)2;1-11-6-8-15-14-9-7-13(18(3,4)5)10-16(14)19-17(15)12(11)2;2*1-10(2)13-6-8-14-15-7-5-11(3)12(4)17(15)18-16(14)9-13;1-9-7-11(8-16)14-12-5-3-4-6-13(12)17-15(14)10(9)2;1-9-8-10(2)14-12-6-4-5-7-13(12)16-15(14)11(9)3;1-9-7-8-12-11-5-3-4-6-13(11)15-14(12)10(9)2/h2*3-12H,1-2H3;6-10H,1-5H3;2*5-10H,1-4H3;3-7H,1-2H3;4-8H,1-3H3;3-8H,1-2H3/i;;;10D;;;2D3;. The Labute approximate surface area is 853 Å². The maximum Gasteiger partial charge on any atom is 0.143 e. The van der Waals surface area contributed by atoms with Crippen LogP contribution in [0.4, 0.5) is 0 Å². The SMILES string of the molecule is Cc1cc(C#N)c2c(oc3ccccc32)c1C.Cc1ccc2c(oc3c(-c4ccccc4)cccc32)c1C.Cc1ccc2c(oc3cc(-c4ccccc4)ccc32)c1C.Cc1ccc2c(oc3cc(C(C)(C)C)ccc32)c1C.Cc1ccc2c(oc3cc(C(C)C)ccc32)c1C.Cc1ccc2c(oc3ccccc32)c1C.[2H]C(C)(C)c1ccc2c(c1)oc1c(C)c(C)ccc12.[2H]C([2H])([2H])c1cc(C)c(C)c2oc3ccccc3c12. The predicted octanol–water partition coefficient (Wildman–Crippen LogP) is 40.7. The third-order valence-electron chi connectivity index (χ3n) is 29.7. The van der Waals surface area contributed by atoms with Gasteiger partial charge in [0.05, 0.1) is 11.6 Å². The Morgan fingerprint density at radius 2 is 0.559 bits per heavy atom. The molecule has 0 bridgehead atoms. The maximum absolute atomic E-state index is 9.24. The second kappa shape index (κ2) is 40.0. The monoisotopic (exact) mass is 1900 g/mol. The molecule has 26 rings (SSSR count). The van der Waals surface area contributed by atoms with Crippen molar-refractivity contribution in [3.63, 3.8) is 0 Å².